The number of benzene rings is 1. The molecule has 0 saturated carbocycles. The monoisotopic (exact) mass is 288 g/mol. The maximum atomic E-state index is 11.9. The van der Waals surface area contributed by atoms with E-state index in [9.17, 15) is 8.42 Å². The Morgan fingerprint density at radius 3 is 2.72 bits per heavy atom. The predicted octanol–water partition coefficient (Wildman–Crippen LogP) is 1.41. The van der Waals surface area contributed by atoms with Crippen LogP contribution in [0.4, 0.5) is 11.7 Å². The Kier molecular flexibility index (Phi) is 3.14. The van der Waals surface area contributed by atoms with Crippen molar-refractivity contribution in [1.29, 1.82) is 0 Å². The van der Waals surface area contributed by atoms with Gasteiger partial charge >= 0.3 is 6.01 Å². The van der Waals surface area contributed by atoms with Gasteiger partial charge in [0.05, 0.1) is 15.6 Å². The van der Waals surface area contributed by atoms with E-state index in [1.54, 1.807) is 6.92 Å². The van der Waals surface area contributed by atoms with Gasteiger partial charge in [-0.25, -0.2) is 13.1 Å². The van der Waals surface area contributed by atoms with Gasteiger partial charge in [-0.15, -0.1) is 0 Å². The molecule has 0 aliphatic carbocycles. The molecule has 0 radical (unpaired) electrons. The average molecular weight is 289 g/mol. The van der Waals surface area contributed by atoms with Crippen LogP contribution in [0.3, 0.4) is 0 Å². The van der Waals surface area contributed by atoms with Crippen molar-refractivity contribution in [3.05, 3.63) is 29.0 Å². The van der Waals surface area contributed by atoms with Crippen molar-refractivity contribution in [3.8, 4) is 0 Å². The first kappa shape index (κ1) is 12.7. The van der Waals surface area contributed by atoms with Gasteiger partial charge in [0, 0.05) is 0 Å². The predicted molar refractivity (Wildman–Crippen MR) is 65.7 cm³/mol. The van der Waals surface area contributed by atoms with Gasteiger partial charge in [-0.05, 0) is 25.1 Å². The number of halogens is 1. The fraction of sp³-hybridized carbons (Fsp3) is 0.111. The number of anilines is 2. The van der Waals surface area contributed by atoms with Crippen molar-refractivity contribution in [2.45, 2.75) is 11.8 Å². The first-order valence-corrected chi connectivity index (χ1v) is 6.63. The van der Waals surface area contributed by atoms with Crippen LogP contribution in [0.1, 0.15) is 5.82 Å². The highest BCUT2D eigenvalue weighted by Crippen LogP contribution is 2.23. The molecule has 2 aromatic rings. The topological polar surface area (TPSA) is 111 Å². The van der Waals surface area contributed by atoms with Crippen LogP contribution < -0.4 is 10.5 Å². The van der Waals surface area contributed by atoms with Crippen molar-refractivity contribution in [2.24, 2.45) is 0 Å². The second kappa shape index (κ2) is 4.46. The van der Waals surface area contributed by atoms with E-state index in [-0.39, 0.29) is 21.6 Å². The molecular weight excluding hydrogens is 280 g/mol. The molecule has 0 spiro atoms. The van der Waals surface area contributed by atoms with Gasteiger partial charge in [0.2, 0.25) is 0 Å². The molecule has 0 aliphatic rings. The van der Waals surface area contributed by atoms with E-state index in [4.69, 9.17) is 17.3 Å². The highest BCUT2D eigenvalue weighted by Gasteiger charge is 2.18. The summed E-state index contributed by atoms with van der Waals surface area (Å²) >= 11 is 5.71. The minimum Gasteiger partial charge on any atom is -0.397 e. The van der Waals surface area contributed by atoms with E-state index >= 15 is 0 Å². The number of aryl methyl sites for hydroxylation is 1. The van der Waals surface area contributed by atoms with Crippen molar-refractivity contribution in [1.82, 2.24) is 10.1 Å². The average Bonchev–Trinajstić information content (AvgIpc) is 2.67. The molecular formula is C9H9ClN4O3S. The summed E-state index contributed by atoms with van der Waals surface area (Å²) in [5.41, 5.74) is 5.71. The molecule has 0 saturated heterocycles. The van der Waals surface area contributed by atoms with Gasteiger partial charge < -0.3 is 10.3 Å². The second-order valence-electron chi connectivity index (χ2n) is 3.44. The number of hydrogen-bond acceptors (Lipinski definition) is 6. The molecule has 18 heavy (non-hydrogen) atoms. The SMILES string of the molecule is Cc1noc(NS(=O)(=O)c2ccc(Cl)c(N)c2)n1. The van der Waals surface area contributed by atoms with Gasteiger partial charge in [0.25, 0.3) is 10.0 Å². The lowest BCUT2D eigenvalue weighted by Gasteiger charge is -2.05. The minimum absolute atomic E-state index is 0.0414. The third kappa shape index (κ3) is 2.54. The van der Waals surface area contributed by atoms with Gasteiger partial charge in [-0.1, -0.05) is 16.8 Å². The van der Waals surface area contributed by atoms with Crippen LogP contribution in [0.2, 0.25) is 5.02 Å². The lowest BCUT2D eigenvalue weighted by molar-refractivity contribution is 0.429. The summed E-state index contributed by atoms with van der Waals surface area (Å²) in [6.45, 7) is 1.57. The Morgan fingerprint density at radius 1 is 1.44 bits per heavy atom. The van der Waals surface area contributed by atoms with Gasteiger partial charge in [-0.3, -0.25) is 0 Å². The molecule has 0 atom stereocenters. The van der Waals surface area contributed by atoms with Crippen molar-refractivity contribution in [3.63, 3.8) is 0 Å². The molecule has 3 N–H and O–H groups in total. The van der Waals surface area contributed by atoms with E-state index < -0.39 is 10.0 Å². The van der Waals surface area contributed by atoms with E-state index in [0.29, 0.717) is 5.82 Å². The van der Waals surface area contributed by atoms with Crippen LogP contribution in [0, 0.1) is 6.92 Å². The Labute approximate surface area is 108 Å². The second-order valence-corrected chi connectivity index (χ2v) is 5.53. The van der Waals surface area contributed by atoms with Crippen LogP contribution >= 0.6 is 11.6 Å². The van der Waals surface area contributed by atoms with E-state index in [1.165, 1.54) is 18.2 Å². The third-order valence-corrected chi connectivity index (χ3v) is 3.69. The molecule has 0 unspecified atom stereocenters. The van der Waals surface area contributed by atoms with Gasteiger partial charge in [0.15, 0.2) is 5.82 Å². The summed E-state index contributed by atoms with van der Waals surface area (Å²) in [6, 6.07) is 3.75. The van der Waals surface area contributed by atoms with Crippen LogP contribution in [0.25, 0.3) is 0 Å². The molecule has 0 fully saturated rings. The largest absolute Gasteiger partial charge is 0.397 e. The highest BCUT2D eigenvalue weighted by atomic mass is 35.5. The van der Waals surface area contributed by atoms with Crippen molar-refractivity contribution in [2.75, 3.05) is 10.5 Å². The Morgan fingerprint density at radius 2 is 2.17 bits per heavy atom. The number of nitrogens with two attached hydrogens (primary N) is 1. The molecule has 1 aromatic carbocycles. The Bertz CT molecular complexity index is 683. The normalized spacial score (nSPS) is 11.4. The number of nitrogens with zero attached hydrogens (tertiary/aromatic N) is 2. The number of aromatic nitrogens is 2. The molecule has 0 amide bonds. The number of sulfonamides is 1. The zero-order valence-corrected chi connectivity index (χ0v) is 10.8. The summed E-state index contributed by atoms with van der Waals surface area (Å²) in [5, 5.41) is 3.75. The molecule has 0 aliphatic heterocycles. The highest BCUT2D eigenvalue weighted by molar-refractivity contribution is 7.92. The lowest BCUT2D eigenvalue weighted by Crippen LogP contribution is -2.13. The Hall–Kier alpha value is -1.80. The summed E-state index contributed by atoms with van der Waals surface area (Å²) in [6.07, 6.45) is 0. The fourth-order valence-electron chi connectivity index (χ4n) is 1.20. The molecule has 9 heteroatoms. The molecule has 1 heterocycles. The molecule has 0 bridgehead atoms. The smallest absolute Gasteiger partial charge is 0.335 e. The number of nitrogen functional groups attached to an aromatic ring is 1. The summed E-state index contributed by atoms with van der Waals surface area (Å²) in [4.78, 5) is 3.69. The minimum atomic E-state index is -3.82. The summed E-state index contributed by atoms with van der Waals surface area (Å²) in [7, 11) is -3.82. The van der Waals surface area contributed by atoms with Crippen LogP contribution in [0.15, 0.2) is 27.6 Å². The first-order chi connectivity index (χ1) is 8.38. The number of nitrogens with one attached hydrogen (secondary N) is 1. The third-order valence-electron chi connectivity index (χ3n) is 2.03. The quantitative estimate of drug-likeness (QED) is 0.826. The first-order valence-electron chi connectivity index (χ1n) is 4.76. The number of hydrogen-bond donors (Lipinski definition) is 2. The zero-order valence-electron chi connectivity index (χ0n) is 9.21. The van der Waals surface area contributed by atoms with Crippen LogP contribution in [0.5, 0.6) is 0 Å². The molecule has 2 rings (SSSR count). The Balaban J connectivity index is 2.33. The summed E-state index contributed by atoms with van der Waals surface area (Å²) < 4.78 is 30.7. The van der Waals surface area contributed by atoms with E-state index in [0.717, 1.165) is 0 Å². The maximum Gasteiger partial charge on any atom is 0.335 e. The number of rotatable bonds is 3. The molecule has 1 aromatic heterocycles. The fourth-order valence-corrected chi connectivity index (χ4v) is 2.28. The van der Waals surface area contributed by atoms with Crippen molar-refractivity contribution < 1.29 is 12.9 Å². The molecule has 96 valence electrons. The van der Waals surface area contributed by atoms with E-state index in [1.807, 2.05) is 0 Å². The van der Waals surface area contributed by atoms with Crippen molar-refractivity contribution >= 4 is 33.3 Å². The zero-order chi connectivity index (χ0) is 13.3. The van der Waals surface area contributed by atoms with Crippen LogP contribution in [-0.4, -0.2) is 18.6 Å². The summed E-state index contributed by atoms with van der Waals surface area (Å²) in [5.74, 6) is 0.323. The maximum absolute atomic E-state index is 11.9. The van der Waals surface area contributed by atoms with Crippen LogP contribution in [-0.2, 0) is 10.0 Å². The standard InChI is InChI=1S/C9H9ClN4O3S/c1-5-12-9(17-13-5)14-18(15,16)6-2-3-7(10)8(11)4-6/h2-4H,11H2,1H3,(H,12,13,14). The lowest BCUT2D eigenvalue weighted by atomic mass is 10.3. The van der Waals surface area contributed by atoms with Gasteiger partial charge in [0.1, 0.15) is 0 Å². The van der Waals surface area contributed by atoms with E-state index in [2.05, 4.69) is 19.4 Å². The van der Waals surface area contributed by atoms with Gasteiger partial charge in [-0.2, -0.15) is 4.98 Å². The molecule has 7 nitrogen and oxygen atoms in total.